The van der Waals surface area contributed by atoms with Crippen LogP contribution in [0.4, 0.5) is 5.82 Å². The predicted octanol–water partition coefficient (Wildman–Crippen LogP) is -0.649. The van der Waals surface area contributed by atoms with Gasteiger partial charge in [-0.25, -0.2) is 4.79 Å². The smallest absolute Gasteiger partial charge is 0.351 e. The summed E-state index contributed by atoms with van der Waals surface area (Å²) < 4.78 is 5.94. The Bertz CT molecular complexity index is 363. The molecular weight excluding hydrogens is 186 g/mol. The van der Waals surface area contributed by atoms with Crippen molar-refractivity contribution in [2.75, 3.05) is 12.8 Å². The molecule has 0 aromatic carbocycles. The molecule has 0 fully saturated rings. The third-order valence-corrected chi connectivity index (χ3v) is 1.93. The number of methoxy groups -OCH3 is 1. The highest BCUT2D eigenvalue weighted by Gasteiger charge is 2.16. The molecule has 78 valence electrons. The van der Waals surface area contributed by atoms with Crippen LogP contribution in [-0.4, -0.2) is 27.9 Å². The molecule has 0 spiro atoms. The van der Waals surface area contributed by atoms with Crippen LogP contribution in [0.5, 0.6) is 0 Å². The minimum absolute atomic E-state index is 0.128. The number of aliphatic hydroxyl groups is 1. The predicted molar refractivity (Wildman–Crippen MR) is 50.6 cm³/mol. The second kappa shape index (κ2) is 4.21. The summed E-state index contributed by atoms with van der Waals surface area (Å²) in [6, 6.07) is 1.44. The molecule has 14 heavy (non-hydrogen) atoms. The minimum Gasteiger partial charge on any atom is -0.383 e. The van der Waals surface area contributed by atoms with Crippen molar-refractivity contribution in [3.05, 3.63) is 22.7 Å². The number of nitrogens with zero attached hydrogens (tertiary/aromatic N) is 2. The van der Waals surface area contributed by atoms with Gasteiger partial charge in [0.05, 0.1) is 6.10 Å². The van der Waals surface area contributed by atoms with Gasteiger partial charge in [-0.1, -0.05) is 0 Å². The lowest BCUT2D eigenvalue weighted by Gasteiger charge is -2.18. The summed E-state index contributed by atoms with van der Waals surface area (Å²) in [6.07, 6.45) is -0.163. The van der Waals surface area contributed by atoms with E-state index in [1.54, 1.807) is 6.92 Å². The average molecular weight is 199 g/mol. The van der Waals surface area contributed by atoms with Crippen LogP contribution in [-0.2, 0) is 4.74 Å². The van der Waals surface area contributed by atoms with Crippen molar-refractivity contribution in [2.24, 2.45) is 0 Å². The van der Waals surface area contributed by atoms with E-state index in [1.807, 2.05) is 0 Å². The van der Waals surface area contributed by atoms with Crippen LogP contribution in [0.3, 0.4) is 0 Å². The molecule has 0 saturated carbocycles. The van der Waals surface area contributed by atoms with Gasteiger partial charge >= 0.3 is 5.69 Å². The van der Waals surface area contributed by atoms with Crippen molar-refractivity contribution in [2.45, 2.75) is 19.3 Å². The zero-order valence-corrected chi connectivity index (χ0v) is 8.04. The number of hydrogen-bond donors (Lipinski definition) is 2. The first kappa shape index (κ1) is 10.7. The monoisotopic (exact) mass is 199 g/mol. The van der Waals surface area contributed by atoms with Gasteiger partial charge in [-0.15, -0.1) is 0 Å². The lowest BCUT2D eigenvalue weighted by atomic mass is 10.3. The van der Waals surface area contributed by atoms with Crippen molar-refractivity contribution >= 4 is 5.82 Å². The van der Waals surface area contributed by atoms with Crippen molar-refractivity contribution < 1.29 is 9.84 Å². The molecule has 6 heteroatoms. The molecule has 0 aliphatic rings. The number of rotatable bonds is 3. The first-order valence-corrected chi connectivity index (χ1v) is 4.11. The van der Waals surface area contributed by atoms with Gasteiger partial charge in [0.1, 0.15) is 5.82 Å². The number of ether oxygens (including phenoxy) is 1. The Hall–Kier alpha value is -1.40. The van der Waals surface area contributed by atoms with E-state index in [0.717, 1.165) is 4.57 Å². The van der Waals surface area contributed by atoms with Gasteiger partial charge in [0, 0.05) is 13.3 Å². The van der Waals surface area contributed by atoms with Crippen LogP contribution >= 0.6 is 0 Å². The normalized spacial score (nSPS) is 15.1. The van der Waals surface area contributed by atoms with E-state index in [1.165, 1.54) is 19.4 Å². The Labute approximate surface area is 80.9 Å². The molecule has 1 rings (SSSR count). The highest BCUT2D eigenvalue weighted by atomic mass is 16.5. The molecule has 0 bridgehead atoms. The molecule has 1 aromatic rings. The van der Waals surface area contributed by atoms with Gasteiger partial charge in [-0.3, -0.25) is 4.57 Å². The maximum absolute atomic E-state index is 11.3. The third kappa shape index (κ3) is 2.09. The van der Waals surface area contributed by atoms with E-state index in [0.29, 0.717) is 0 Å². The largest absolute Gasteiger partial charge is 0.383 e. The lowest BCUT2D eigenvalue weighted by molar-refractivity contribution is -0.0444. The number of nitrogens with two attached hydrogens (primary N) is 1. The zero-order valence-electron chi connectivity index (χ0n) is 8.04. The van der Waals surface area contributed by atoms with Crippen LogP contribution in [0, 0.1) is 0 Å². The second-order valence-electron chi connectivity index (χ2n) is 2.90. The van der Waals surface area contributed by atoms with E-state index in [9.17, 15) is 9.90 Å². The van der Waals surface area contributed by atoms with Crippen molar-refractivity contribution in [1.82, 2.24) is 9.55 Å². The summed E-state index contributed by atoms with van der Waals surface area (Å²) in [6.45, 7) is 1.65. The topological polar surface area (TPSA) is 90.4 Å². The second-order valence-corrected chi connectivity index (χ2v) is 2.90. The molecule has 2 unspecified atom stereocenters. The number of aliphatic hydroxyl groups excluding tert-OH is 1. The highest BCUT2D eigenvalue weighted by molar-refractivity contribution is 5.23. The maximum atomic E-state index is 11.3. The van der Waals surface area contributed by atoms with Crippen LogP contribution in [0.2, 0.25) is 0 Å². The Morgan fingerprint density at radius 1 is 1.71 bits per heavy atom. The lowest BCUT2D eigenvalue weighted by Crippen LogP contribution is -2.33. The molecule has 0 radical (unpaired) electrons. The first-order chi connectivity index (χ1) is 6.56. The van der Waals surface area contributed by atoms with Crippen LogP contribution in [0.15, 0.2) is 17.1 Å². The van der Waals surface area contributed by atoms with Gasteiger partial charge in [0.15, 0.2) is 6.23 Å². The molecule has 2 atom stereocenters. The van der Waals surface area contributed by atoms with Crippen molar-refractivity contribution in [3.8, 4) is 0 Å². The quantitative estimate of drug-likeness (QED) is 0.675. The fourth-order valence-corrected chi connectivity index (χ4v) is 0.975. The van der Waals surface area contributed by atoms with E-state index >= 15 is 0 Å². The summed E-state index contributed by atoms with van der Waals surface area (Å²) in [4.78, 5) is 14.7. The Morgan fingerprint density at radius 3 is 2.86 bits per heavy atom. The molecular formula is C8H13N3O3. The van der Waals surface area contributed by atoms with Crippen LogP contribution in [0.25, 0.3) is 0 Å². The van der Waals surface area contributed by atoms with E-state index in [-0.39, 0.29) is 5.82 Å². The van der Waals surface area contributed by atoms with Crippen molar-refractivity contribution in [1.29, 1.82) is 0 Å². The Morgan fingerprint density at radius 2 is 2.36 bits per heavy atom. The summed E-state index contributed by atoms with van der Waals surface area (Å²) in [5.74, 6) is 0.128. The zero-order chi connectivity index (χ0) is 10.7. The van der Waals surface area contributed by atoms with Crippen molar-refractivity contribution in [3.63, 3.8) is 0 Å². The fourth-order valence-electron chi connectivity index (χ4n) is 0.975. The van der Waals surface area contributed by atoms with Gasteiger partial charge in [-0.2, -0.15) is 4.98 Å². The molecule has 0 aliphatic heterocycles. The first-order valence-electron chi connectivity index (χ1n) is 4.11. The number of nitrogen functional groups attached to an aromatic ring is 1. The number of anilines is 1. The number of hydrogen-bond acceptors (Lipinski definition) is 5. The van der Waals surface area contributed by atoms with Gasteiger partial charge in [0.2, 0.25) is 0 Å². The third-order valence-electron chi connectivity index (χ3n) is 1.93. The fraction of sp³-hybridized carbons (Fsp3) is 0.500. The van der Waals surface area contributed by atoms with E-state index in [2.05, 4.69) is 4.98 Å². The van der Waals surface area contributed by atoms with E-state index in [4.69, 9.17) is 10.5 Å². The van der Waals surface area contributed by atoms with Gasteiger partial charge in [-0.05, 0) is 13.0 Å². The molecule has 1 heterocycles. The summed E-state index contributed by atoms with van der Waals surface area (Å²) in [7, 11) is 1.45. The highest BCUT2D eigenvalue weighted by Crippen LogP contribution is 2.07. The molecule has 3 N–H and O–H groups in total. The Kier molecular flexibility index (Phi) is 3.21. The Balaban J connectivity index is 3.02. The summed E-state index contributed by atoms with van der Waals surface area (Å²) in [5.41, 5.74) is 4.70. The van der Waals surface area contributed by atoms with Gasteiger partial charge < -0.3 is 15.6 Å². The van der Waals surface area contributed by atoms with Crippen LogP contribution in [0.1, 0.15) is 13.2 Å². The van der Waals surface area contributed by atoms with Gasteiger partial charge in [0.25, 0.3) is 0 Å². The molecule has 1 aromatic heterocycles. The maximum Gasteiger partial charge on any atom is 0.351 e. The van der Waals surface area contributed by atoms with Crippen LogP contribution < -0.4 is 11.4 Å². The minimum atomic E-state index is -1.06. The van der Waals surface area contributed by atoms with E-state index < -0.39 is 18.0 Å². The summed E-state index contributed by atoms with van der Waals surface area (Å²) >= 11 is 0. The standard InChI is InChI=1S/C8H13N3O3/c1-5(14-2)7(12)11-4-3-6(9)10-8(11)13/h3-5,7,12H,1-2H3,(H2,9,10,13). The number of aromatic nitrogens is 2. The SMILES string of the molecule is COC(C)C(O)n1ccc(N)nc1=O. The molecule has 0 aliphatic carbocycles. The molecule has 6 nitrogen and oxygen atoms in total. The summed E-state index contributed by atoms with van der Waals surface area (Å²) in [5, 5.41) is 9.62. The molecule has 0 amide bonds. The molecule has 0 saturated heterocycles. The average Bonchev–Trinajstić information content (AvgIpc) is 2.15.